The number of nitrogens with zero attached hydrogens (tertiary/aromatic N) is 3. The van der Waals surface area contributed by atoms with Crippen molar-refractivity contribution >= 4 is 39.1 Å². The third-order valence-corrected chi connectivity index (χ3v) is 6.59. The number of hydrogen-bond acceptors (Lipinski definition) is 6. The van der Waals surface area contributed by atoms with Crippen LogP contribution in [-0.2, 0) is 9.84 Å². The number of nitrogens with one attached hydrogen (secondary N) is 2. The molecular formula is C18H23N5O3S2. The van der Waals surface area contributed by atoms with Crippen LogP contribution in [-0.4, -0.2) is 48.1 Å². The highest BCUT2D eigenvalue weighted by Crippen LogP contribution is 2.26. The molecule has 1 aliphatic heterocycles. The first kappa shape index (κ1) is 20.3. The van der Waals surface area contributed by atoms with Gasteiger partial charge in [0.05, 0.1) is 42.3 Å². The van der Waals surface area contributed by atoms with Crippen LogP contribution in [0.25, 0.3) is 0 Å². The Labute approximate surface area is 169 Å². The average molecular weight is 422 g/mol. The van der Waals surface area contributed by atoms with Crippen LogP contribution < -0.4 is 15.5 Å². The summed E-state index contributed by atoms with van der Waals surface area (Å²) in [6.07, 6.45) is 2.24. The molecule has 1 atom stereocenters. The predicted octanol–water partition coefficient (Wildman–Crippen LogP) is 2.19. The molecule has 8 nitrogen and oxygen atoms in total. The number of hydrazone groups is 1. The normalized spacial score (nSPS) is 18.3. The molecule has 1 fully saturated rings. The van der Waals surface area contributed by atoms with Gasteiger partial charge in [-0.05, 0) is 44.6 Å². The fourth-order valence-electron chi connectivity index (χ4n) is 3.24. The number of aromatic nitrogens is 2. The highest BCUT2D eigenvalue weighted by atomic mass is 32.2. The number of hydrogen-bond donors (Lipinski definition) is 2. The summed E-state index contributed by atoms with van der Waals surface area (Å²) in [5.74, 6) is 1.02. The summed E-state index contributed by atoms with van der Waals surface area (Å²) in [6.45, 7) is 3.79. The van der Waals surface area contributed by atoms with Crippen molar-refractivity contribution in [1.29, 1.82) is 0 Å². The van der Waals surface area contributed by atoms with Gasteiger partial charge in [-0.2, -0.15) is 10.2 Å². The summed E-state index contributed by atoms with van der Waals surface area (Å²) in [4.78, 5) is 0. The third kappa shape index (κ3) is 4.50. The maximum atomic E-state index is 11.8. The quantitative estimate of drug-likeness (QED) is 0.434. The van der Waals surface area contributed by atoms with Crippen LogP contribution in [0.15, 0.2) is 29.4 Å². The van der Waals surface area contributed by atoms with E-state index in [2.05, 4.69) is 20.9 Å². The Balaban J connectivity index is 1.67. The van der Waals surface area contributed by atoms with E-state index >= 15 is 0 Å². The SMILES string of the molecule is COc1ccccc1NC(=S)N/N=C\c1c(C)nn([C@@H]2CCS(=O)(=O)C2)c1C. The monoisotopic (exact) mass is 421 g/mol. The Morgan fingerprint density at radius 1 is 1.39 bits per heavy atom. The first-order chi connectivity index (χ1) is 13.3. The molecule has 0 radical (unpaired) electrons. The van der Waals surface area contributed by atoms with Gasteiger partial charge >= 0.3 is 0 Å². The van der Waals surface area contributed by atoms with Crippen LogP contribution in [0.2, 0.25) is 0 Å². The van der Waals surface area contributed by atoms with Gasteiger partial charge in [-0.3, -0.25) is 10.1 Å². The van der Waals surface area contributed by atoms with Crippen LogP contribution in [0.1, 0.15) is 29.4 Å². The number of ether oxygens (including phenoxy) is 1. The van der Waals surface area contributed by atoms with Crippen LogP contribution in [0, 0.1) is 13.8 Å². The lowest BCUT2D eigenvalue weighted by Crippen LogP contribution is -2.24. The number of para-hydroxylation sites is 2. The zero-order chi connectivity index (χ0) is 20.3. The fraction of sp³-hybridized carbons (Fsp3) is 0.389. The van der Waals surface area contributed by atoms with Crippen molar-refractivity contribution in [3.8, 4) is 5.75 Å². The van der Waals surface area contributed by atoms with Gasteiger partial charge in [-0.25, -0.2) is 8.42 Å². The molecule has 3 rings (SSSR count). The summed E-state index contributed by atoms with van der Waals surface area (Å²) >= 11 is 5.26. The van der Waals surface area contributed by atoms with Crippen molar-refractivity contribution in [2.75, 3.05) is 23.9 Å². The van der Waals surface area contributed by atoms with Crippen molar-refractivity contribution < 1.29 is 13.2 Å². The van der Waals surface area contributed by atoms with Gasteiger partial charge in [0.15, 0.2) is 14.9 Å². The van der Waals surface area contributed by atoms with E-state index in [1.807, 2.05) is 38.1 Å². The summed E-state index contributed by atoms with van der Waals surface area (Å²) < 4.78 is 30.6. The molecule has 2 N–H and O–H groups in total. The zero-order valence-electron chi connectivity index (χ0n) is 16.0. The molecule has 0 bridgehead atoms. The molecule has 0 saturated carbocycles. The van der Waals surface area contributed by atoms with E-state index in [0.29, 0.717) is 17.3 Å². The Morgan fingerprint density at radius 3 is 2.82 bits per heavy atom. The van der Waals surface area contributed by atoms with Crippen molar-refractivity contribution in [3.05, 3.63) is 41.2 Å². The molecule has 1 aromatic heterocycles. The second-order valence-corrected chi connectivity index (χ2v) is 9.25. The number of methoxy groups -OCH3 is 1. The van der Waals surface area contributed by atoms with Gasteiger partial charge in [0.1, 0.15) is 5.75 Å². The summed E-state index contributed by atoms with van der Waals surface area (Å²) in [5, 5.41) is 12.1. The molecule has 0 amide bonds. The largest absolute Gasteiger partial charge is 0.495 e. The van der Waals surface area contributed by atoms with Crippen molar-refractivity contribution in [3.63, 3.8) is 0 Å². The van der Waals surface area contributed by atoms with Crippen molar-refractivity contribution in [2.45, 2.75) is 26.3 Å². The molecule has 0 aliphatic carbocycles. The topological polar surface area (TPSA) is 97.6 Å². The van der Waals surface area contributed by atoms with E-state index in [-0.39, 0.29) is 17.5 Å². The second kappa shape index (κ2) is 8.27. The van der Waals surface area contributed by atoms with E-state index < -0.39 is 9.84 Å². The fourth-order valence-corrected chi connectivity index (χ4v) is 5.09. The smallest absolute Gasteiger partial charge is 0.191 e. The molecule has 10 heteroatoms. The Bertz CT molecular complexity index is 1010. The molecule has 0 unspecified atom stereocenters. The number of thiocarbonyl (C=S) groups is 1. The molecule has 1 aliphatic rings. The summed E-state index contributed by atoms with van der Waals surface area (Å²) in [7, 11) is -1.38. The number of benzene rings is 1. The van der Waals surface area contributed by atoms with Gasteiger partial charge in [0, 0.05) is 11.3 Å². The van der Waals surface area contributed by atoms with Gasteiger partial charge in [-0.1, -0.05) is 12.1 Å². The van der Waals surface area contributed by atoms with E-state index in [0.717, 1.165) is 22.6 Å². The van der Waals surface area contributed by atoms with E-state index in [9.17, 15) is 8.42 Å². The van der Waals surface area contributed by atoms with Gasteiger partial charge in [0.25, 0.3) is 0 Å². The van der Waals surface area contributed by atoms with Crippen LogP contribution >= 0.6 is 12.2 Å². The standard InChI is InChI=1S/C18H23N5O3S2/c1-12-15(13(2)23(22-12)14-8-9-28(24,25)11-14)10-19-21-18(27)20-16-6-4-5-7-17(16)26-3/h4-7,10,14H,8-9,11H2,1-3H3,(H2,20,21,27)/b19-10-/t14-/m1/s1. The zero-order valence-corrected chi connectivity index (χ0v) is 17.6. The minimum atomic E-state index is -2.97. The Hall–Kier alpha value is -2.46. The lowest BCUT2D eigenvalue weighted by Gasteiger charge is -2.11. The summed E-state index contributed by atoms with van der Waals surface area (Å²) in [5.41, 5.74) is 6.03. The van der Waals surface area contributed by atoms with E-state index in [4.69, 9.17) is 17.0 Å². The van der Waals surface area contributed by atoms with Gasteiger partial charge in [-0.15, -0.1) is 0 Å². The Morgan fingerprint density at radius 2 is 2.14 bits per heavy atom. The molecule has 2 aromatic rings. The minimum Gasteiger partial charge on any atom is -0.495 e. The molecular weight excluding hydrogens is 398 g/mol. The maximum absolute atomic E-state index is 11.8. The number of anilines is 1. The third-order valence-electron chi connectivity index (χ3n) is 4.65. The van der Waals surface area contributed by atoms with Gasteiger partial charge < -0.3 is 10.1 Å². The highest BCUT2D eigenvalue weighted by Gasteiger charge is 2.31. The Kier molecular flexibility index (Phi) is 5.99. The second-order valence-electron chi connectivity index (χ2n) is 6.61. The first-order valence-corrected chi connectivity index (χ1v) is 11.0. The molecule has 1 aromatic carbocycles. The van der Waals surface area contributed by atoms with Crippen LogP contribution in [0.4, 0.5) is 5.69 Å². The molecule has 150 valence electrons. The van der Waals surface area contributed by atoms with Crippen molar-refractivity contribution in [2.24, 2.45) is 5.10 Å². The maximum Gasteiger partial charge on any atom is 0.191 e. The summed E-state index contributed by atoms with van der Waals surface area (Å²) in [6, 6.07) is 7.31. The van der Waals surface area contributed by atoms with Gasteiger partial charge in [0.2, 0.25) is 0 Å². The molecule has 2 heterocycles. The molecule has 28 heavy (non-hydrogen) atoms. The van der Waals surface area contributed by atoms with Crippen LogP contribution in [0.3, 0.4) is 0 Å². The van der Waals surface area contributed by atoms with Crippen molar-refractivity contribution in [1.82, 2.24) is 15.2 Å². The number of sulfone groups is 1. The number of aryl methyl sites for hydroxylation is 1. The van der Waals surface area contributed by atoms with Crippen LogP contribution in [0.5, 0.6) is 5.75 Å². The first-order valence-electron chi connectivity index (χ1n) is 8.80. The molecule has 1 saturated heterocycles. The highest BCUT2D eigenvalue weighted by molar-refractivity contribution is 7.91. The van der Waals surface area contributed by atoms with E-state index in [1.165, 1.54) is 0 Å². The minimum absolute atomic E-state index is 0.118. The van der Waals surface area contributed by atoms with E-state index in [1.54, 1.807) is 18.0 Å². The average Bonchev–Trinajstić information content (AvgIpc) is 3.15. The molecule has 0 spiro atoms. The lowest BCUT2D eigenvalue weighted by atomic mass is 10.2. The lowest BCUT2D eigenvalue weighted by molar-refractivity contribution is 0.417. The number of rotatable bonds is 5. The predicted molar refractivity (Wildman–Crippen MR) is 114 cm³/mol.